The first-order chi connectivity index (χ1) is 19.9. The number of hydrogen-bond acceptors (Lipinski definition) is 6. The number of nitrogens with one attached hydrogen (secondary N) is 1. The number of aromatic nitrogens is 2. The zero-order chi connectivity index (χ0) is 28.7. The number of amides is 1. The van der Waals surface area contributed by atoms with Gasteiger partial charge in [-0.1, -0.05) is 39.3 Å². The van der Waals surface area contributed by atoms with Gasteiger partial charge in [0.2, 0.25) is 5.91 Å². The third kappa shape index (κ3) is 5.80. The number of benzene rings is 1. The molecule has 1 amide bonds. The molecule has 41 heavy (non-hydrogen) atoms. The van der Waals surface area contributed by atoms with Gasteiger partial charge in [-0.3, -0.25) is 14.5 Å². The van der Waals surface area contributed by atoms with Gasteiger partial charge in [-0.25, -0.2) is 4.68 Å². The molecule has 2 aromatic rings. The SMILES string of the molecule is CCCC(=O)NC1CCN(Cc2nn(CON3CCN(c4cccc(C)c4C)CC3)c3c2C2C(C)C2C3)CC1CC. The van der Waals surface area contributed by atoms with Gasteiger partial charge in [-0.15, -0.1) is 0 Å². The van der Waals surface area contributed by atoms with Crippen LogP contribution in [0.15, 0.2) is 18.2 Å². The molecular weight excluding hydrogens is 512 g/mol. The maximum Gasteiger partial charge on any atom is 0.220 e. The highest BCUT2D eigenvalue weighted by Gasteiger charge is 2.55. The average molecular weight is 563 g/mol. The predicted molar refractivity (Wildman–Crippen MR) is 163 cm³/mol. The number of carbonyl (C=O) groups is 1. The Labute approximate surface area is 246 Å². The van der Waals surface area contributed by atoms with Crippen molar-refractivity contribution in [1.29, 1.82) is 0 Å². The average Bonchev–Trinajstić information content (AvgIpc) is 3.27. The van der Waals surface area contributed by atoms with E-state index >= 15 is 0 Å². The smallest absolute Gasteiger partial charge is 0.220 e. The minimum atomic E-state index is 0.210. The molecule has 0 radical (unpaired) electrons. The molecule has 3 heterocycles. The second-order valence-corrected chi connectivity index (χ2v) is 13.1. The number of hydroxylamine groups is 2. The van der Waals surface area contributed by atoms with E-state index in [2.05, 4.69) is 77.7 Å². The Morgan fingerprint density at radius 3 is 2.68 bits per heavy atom. The summed E-state index contributed by atoms with van der Waals surface area (Å²) < 4.78 is 2.18. The quantitative estimate of drug-likeness (QED) is 0.456. The maximum atomic E-state index is 12.3. The molecule has 5 atom stereocenters. The summed E-state index contributed by atoms with van der Waals surface area (Å²) in [4.78, 5) is 23.7. The van der Waals surface area contributed by atoms with Crippen molar-refractivity contribution in [1.82, 2.24) is 25.1 Å². The monoisotopic (exact) mass is 562 g/mol. The van der Waals surface area contributed by atoms with E-state index < -0.39 is 0 Å². The van der Waals surface area contributed by atoms with Gasteiger partial charge in [0.1, 0.15) is 0 Å². The Morgan fingerprint density at radius 2 is 1.93 bits per heavy atom. The van der Waals surface area contributed by atoms with Crippen LogP contribution in [0.25, 0.3) is 0 Å². The first-order valence-corrected chi connectivity index (χ1v) is 16.2. The summed E-state index contributed by atoms with van der Waals surface area (Å²) in [5.74, 6) is 2.96. The lowest BCUT2D eigenvalue weighted by Crippen LogP contribution is -2.50. The molecule has 1 aromatic carbocycles. The first-order valence-electron chi connectivity index (χ1n) is 16.2. The van der Waals surface area contributed by atoms with E-state index in [1.807, 2.05) is 0 Å². The molecule has 2 aliphatic carbocycles. The summed E-state index contributed by atoms with van der Waals surface area (Å²) in [5.41, 5.74) is 8.29. The van der Waals surface area contributed by atoms with Gasteiger partial charge >= 0.3 is 0 Å². The molecule has 4 aliphatic rings. The first kappa shape index (κ1) is 28.7. The van der Waals surface area contributed by atoms with E-state index in [4.69, 9.17) is 9.94 Å². The van der Waals surface area contributed by atoms with E-state index in [0.29, 0.717) is 31.0 Å². The Hall–Kier alpha value is -2.42. The van der Waals surface area contributed by atoms with Crippen molar-refractivity contribution in [3.63, 3.8) is 0 Å². The van der Waals surface area contributed by atoms with Crippen molar-refractivity contribution >= 4 is 11.6 Å². The minimum Gasteiger partial charge on any atom is -0.369 e. The highest BCUT2D eigenvalue weighted by Crippen LogP contribution is 2.62. The van der Waals surface area contributed by atoms with Crippen LogP contribution in [0.4, 0.5) is 5.69 Å². The van der Waals surface area contributed by atoms with E-state index in [0.717, 1.165) is 83.3 Å². The van der Waals surface area contributed by atoms with E-state index in [9.17, 15) is 4.79 Å². The number of fused-ring (bicyclic) bond motifs is 3. The summed E-state index contributed by atoms with van der Waals surface area (Å²) in [6, 6.07) is 6.90. The van der Waals surface area contributed by atoms with Crippen LogP contribution in [-0.2, 0) is 29.3 Å². The van der Waals surface area contributed by atoms with Crippen LogP contribution in [0, 0.1) is 31.6 Å². The number of carbonyl (C=O) groups excluding carboxylic acids is 1. The lowest BCUT2D eigenvalue weighted by molar-refractivity contribution is -0.192. The summed E-state index contributed by atoms with van der Waals surface area (Å²) in [6.45, 7) is 18.3. The number of nitrogens with zero attached hydrogens (tertiary/aromatic N) is 5. The molecule has 8 nitrogen and oxygen atoms in total. The highest BCUT2D eigenvalue weighted by molar-refractivity contribution is 5.76. The normalized spacial score (nSPS) is 28.0. The molecule has 1 aromatic heterocycles. The molecule has 2 aliphatic heterocycles. The van der Waals surface area contributed by atoms with Crippen molar-refractivity contribution in [3.8, 4) is 0 Å². The van der Waals surface area contributed by atoms with E-state index in [1.165, 1.54) is 33.8 Å². The third-order valence-corrected chi connectivity index (χ3v) is 10.6. The van der Waals surface area contributed by atoms with Crippen LogP contribution >= 0.6 is 0 Å². The van der Waals surface area contributed by atoms with Crippen LogP contribution in [0.1, 0.15) is 80.5 Å². The zero-order valence-electron chi connectivity index (χ0n) is 25.9. The predicted octanol–water partition coefficient (Wildman–Crippen LogP) is 4.63. The fourth-order valence-corrected chi connectivity index (χ4v) is 7.79. The fraction of sp³-hybridized carbons (Fsp3) is 0.697. The Balaban J connectivity index is 1.07. The highest BCUT2D eigenvalue weighted by atomic mass is 16.7. The van der Waals surface area contributed by atoms with Crippen LogP contribution in [-0.4, -0.2) is 71.0 Å². The van der Waals surface area contributed by atoms with E-state index in [1.54, 1.807) is 0 Å². The molecule has 0 spiro atoms. The molecule has 5 unspecified atom stereocenters. The van der Waals surface area contributed by atoms with Gasteiger partial charge < -0.3 is 10.2 Å². The van der Waals surface area contributed by atoms with Gasteiger partial charge in [0.25, 0.3) is 0 Å². The molecule has 1 N–H and O–H groups in total. The van der Waals surface area contributed by atoms with Crippen LogP contribution in [0.3, 0.4) is 0 Å². The molecule has 1 saturated carbocycles. The zero-order valence-corrected chi connectivity index (χ0v) is 25.9. The van der Waals surface area contributed by atoms with Gasteiger partial charge in [0, 0.05) is 75.2 Å². The lowest BCUT2D eigenvalue weighted by atomic mass is 9.89. The van der Waals surface area contributed by atoms with Crippen molar-refractivity contribution in [3.05, 3.63) is 46.3 Å². The van der Waals surface area contributed by atoms with Gasteiger partial charge in [-0.2, -0.15) is 10.2 Å². The molecule has 8 heteroatoms. The van der Waals surface area contributed by atoms with Crippen LogP contribution in [0.5, 0.6) is 0 Å². The van der Waals surface area contributed by atoms with Crippen molar-refractivity contribution < 1.29 is 9.63 Å². The molecular formula is C33H50N6O2. The second-order valence-electron chi connectivity index (χ2n) is 13.1. The van der Waals surface area contributed by atoms with Crippen molar-refractivity contribution in [2.24, 2.45) is 17.8 Å². The molecule has 0 bridgehead atoms. The topological polar surface area (TPSA) is 65.9 Å². The van der Waals surface area contributed by atoms with Gasteiger partial charge in [-0.05, 0) is 74.0 Å². The number of hydrogen-bond donors (Lipinski definition) is 1. The van der Waals surface area contributed by atoms with Crippen molar-refractivity contribution in [2.75, 3.05) is 44.2 Å². The second kappa shape index (κ2) is 12.1. The minimum absolute atomic E-state index is 0.210. The van der Waals surface area contributed by atoms with Crippen LogP contribution in [0.2, 0.25) is 0 Å². The summed E-state index contributed by atoms with van der Waals surface area (Å²) in [7, 11) is 0. The standard InChI is InChI=1S/C33H50N6O2/c1-6-9-31(40)34-27-12-13-36(19-25(27)7-2)20-28-33-30(18-26-24(5)32(26)33)39(35-28)21-41-38-16-14-37(15-17-38)29-11-8-10-22(3)23(29)4/h8,10-11,24-27,32H,6-7,9,12-21H2,1-5H3,(H,34,40). The Morgan fingerprint density at radius 1 is 1.12 bits per heavy atom. The van der Waals surface area contributed by atoms with Gasteiger partial charge in [0.15, 0.2) is 6.73 Å². The number of anilines is 1. The molecule has 3 fully saturated rings. The largest absolute Gasteiger partial charge is 0.369 e. The lowest BCUT2D eigenvalue weighted by Gasteiger charge is -2.38. The van der Waals surface area contributed by atoms with Crippen LogP contribution < -0.4 is 10.2 Å². The number of piperidine rings is 1. The Bertz CT molecular complexity index is 1230. The number of rotatable bonds is 10. The summed E-state index contributed by atoms with van der Waals surface area (Å²) in [6.07, 6.45) is 4.79. The molecule has 224 valence electrons. The number of aryl methyl sites for hydroxylation is 1. The number of piperazine rings is 1. The maximum absolute atomic E-state index is 12.3. The van der Waals surface area contributed by atoms with Crippen molar-refractivity contribution in [2.45, 2.75) is 92.0 Å². The van der Waals surface area contributed by atoms with Gasteiger partial charge in [0.05, 0.1) is 5.69 Å². The Kier molecular flexibility index (Phi) is 8.44. The third-order valence-electron chi connectivity index (χ3n) is 10.6. The van der Waals surface area contributed by atoms with E-state index in [-0.39, 0.29) is 5.91 Å². The molecule has 6 rings (SSSR count). The molecule has 2 saturated heterocycles. The fourth-order valence-electron chi connectivity index (χ4n) is 7.79. The summed E-state index contributed by atoms with van der Waals surface area (Å²) in [5, 5.41) is 10.7. The number of likely N-dealkylation sites (tertiary alicyclic amines) is 1. The summed E-state index contributed by atoms with van der Waals surface area (Å²) >= 11 is 0.